The zero-order chi connectivity index (χ0) is 17.8. The number of carbonyl (C=O) groups excluding carboxylic acids is 1. The van der Waals surface area contributed by atoms with Crippen molar-refractivity contribution in [2.24, 2.45) is 0 Å². The number of nitrogens with zero attached hydrogens (tertiary/aromatic N) is 2. The number of rotatable bonds is 5. The molecule has 2 amide bonds. The van der Waals surface area contributed by atoms with Crippen molar-refractivity contribution in [2.75, 3.05) is 18.5 Å². The summed E-state index contributed by atoms with van der Waals surface area (Å²) in [6.45, 7) is 1.99. The molecule has 0 saturated carbocycles. The van der Waals surface area contributed by atoms with Gasteiger partial charge < -0.3 is 15.0 Å². The van der Waals surface area contributed by atoms with Gasteiger partial charge in [0.25, 0.3) is 0 Å². The number of hydrogen-bond acceptors (Lipinski definition) is 4. The Hall–Kier alpha value is -2.44. The fourth-order valence-electron chi connectivity index (χ4n) is 3.27. The van der Waals surface area contributed by atoms with Gasteiger partial charge in [0.05, 0.1) is 18.3 Å². The van der Waals surface area contributed by atoms with E-state index in [1.807, 2.05) is 40.6 Å². The molecule has 0 radical (unpaired) electrons. The molecule has 0 bridgehead atoms. The van der Waals surface area contributed by atoms with Crippen LogP contribution in [0.25, 0.3) is 10.8 Å². The minimum atomic E-state index is -0.0989. The SMILES string of the molecule is O=C(Nc1cccc2cnccc12)N(Cc1cccs1)C[C@H]1CCCO1. The Morgan fingerprint density at radius 2 is 2.27 bits per heavy atom. The number of ether oxygens (including phenoxy) is 1. The van der Waals surface area contributed by atoms with Crippen molar-refractivity contribution in [1.82, 2.24) is 9.88 Å². The molecule has 2 aromatic heterocycles. The standard InChI is InChI=1S/C20H21N3O2S/c24-20(22-19-7-1-4-15-12-21-9-8-18(15)19)23(13-16-5-2-10-25-16)14-17-6-3-11-26-17/h1,3-4,6-9,11-12,16H,2,5,10,13-14H2,(H,22,24)/t16-/m1/s1. The molecule has 6 heteroatoms. The third-order valence-electron chi connectivity index (χ3n) is 4.58. The Morgan fingerprint density at radius 1 is 1.31 bits per heavy atom. The van der Waals surface area contributed by atoms with Gasteiger partial charge in [-0.1, -0.05) is 18.2 Å². The highest BCUT2D eigenvalue weighted by molar-refractivity contribution is 7.09. The Kier molecular flexibility index (Phi) is 5.13. The molecule has 0 spiro atoms. The maximum absolute atomic E-state index is 13.0. The van der Waals surface area contributed by atoms with Crippen LogP contribution in [0, 0.1) is 0 Å². The lowest BCUT2D eigenvalue weighted by atomic mass is 10.1. The number of fused-ring (bicyclic) bond motifs is 1. The number of hydrogen-bond donors (Lipinski definition) is 1. The number of urea groups is 1. The van der Waals surface area contributed by atoms with Crippen LogP contribution in [-0.2, 0) is 11.3 Å². The molecule has 134 valence electrons. The molecule has 1 aliphatic rings. The number of nitrogens with one attached hydrogen (secondary N) is 1. The highest BCUT2D eigenvalue weighted by atomic mass is 32.1. The maximum Gasteiger partial charge on any atom is 0.322 e. The molecule has 26 heavy (non-hydrogen) atoms. The van der Waals surface area contributed by atoms with E-state index in [-0.39, 0.29) is 12.1 Å². The number of thiophene rings is 1. The molecule has 3 heterocycles. The number of amides is 2. The smallest absolute Gasteiger partial charge is 0.322 e. The molecule has 4 rings (SSSR count). The van der Waals surface area contributed by atoms with Gasteiger partial charge in [0.1, 0.15) is 0 Å². The van der Waals surface area contributed by atoms with Crippen molar-refractivity contribution in [3.8, 4) is 0 Å². The monoisotopic (exact) mass is 367 g/mol. The van der Waals surface area contributed by atoms with Crippen LogP contribution >= 0.6 is 11.3 Å². The van der Waals surface area contributed by atoms with Crippen LogP contribution in [0.1, 0.15) is 17.7 Å². The van der Waals surface area contributed by atoms with E-state index < -0.39 is 0 Å². The summed E-state index contributed by atoms with van der Waals surface area (Å²) in [5.74, 6) is 0. The van der Waals surface area contributed by atoms with Gasteiger partial charge in [-0.05, 0) is 36.4 Å². The van der Waals surface area contributed by atoms with Crippen LogP contribution in [0.5, 0.6) is 0 Å². The van der Waals surface area contributed by atoms with E-state index in [0.717, 1.165) is 35.9 Å². The predicted molar refractivity (Wildman–Crippen MR) is 104 cm³/mol. The minimum Gasteiger partial charge on any atom is -0.376 e. The predicted octanol–water partition coefficient (Wildman–Crippen LogP) is 4.51. The van der Waals surface area contributed by atoms with Gasteiger partial charge in [0.15, 0.2) is 0 Å². The number of benzene rings is 1. The van der Waals surface area contributed by atoms with E-state index in [4.69, 9.17) is 4.74 Å². The summed E-state index contributed by atoms with van der Waals surface area (Å²) in [4.78, 5) is 20.2. The van der Waals surface area contributed by atoms with E-state index in [9.17, 15) is 4.79 Å². The Labute approximate surface area is 156 Å². The van der Waals surface area contributed by atoms with Crippen LogP contribution in [0.15, 0.2) is 54.2 Å². The summed E-state index contributed by atoms with van der Waals surface area (Å²) >= 11 is 1.66. The first kappa shape index (κ1) is 17.0. The summed E-state index contributed by atoms with van der Waals surface area (Å²) in [6.07, 6.45) is 5.75. The number of aromatic nitrogens is 1. The Morgan fingerprint density at radius 3 is 3.08 bits per heavy atom. The molecule has 5 nitrogen and oxygen atoms in total. The van der Waals surface area contributed by atoms with Crippen molar-refractivity contribution >= 4 is 33.8 Å². The van der Waals surface area contributed by atoms with Gasteiger partial charge >= 0.3 is 6.03 Å². The largest absolute Gasteiger partial charge is 0.376 e. The van der Waals surface area contributed by atoms with Gasteiger partial charge in [-0.3, -0.25) is 4.98 Å². The summed E-state index contributed by atoms with van der Waals surface area (Å²) in [5, 5.41) is 7.11. The molecule has 0 unspecified atom stereocenters. The number of carbonyl (C=O) groups is 1. The first-order valence-corrected chi connectivity index (χ1v) is 9.70. The minimum absolute atomic E-state index is 0.0989. The molecular weight excluding hydrogens is 346 g/mol. The van der Waals surface area contributed by atoms with Gasteiger partial charge in [-0.25, -0.2) is 4.79 Å². The Balaban J connectivity index is 1.54. The molecule has 1 saturated heterocycles. The van der Waals surface area contributed by atoms with Gasteiger partial charge in [-0.2, -0.15) is 0 Å². The van der Waals surface area contributed by atoms with E-state index >= 15 is 0 Å². The van der Waals surface area contributed by atoms with Crippen molar-refractivity contribution in [3.63, 3.8) is 0 Å². The molecule has 1 N–H and O–H groups in total. The first-order valence-electron chi connectivity index (χ1n) is 8.82. The second-order valence-corrected chi connectivity index (χ2v) is 7.46. The summed E-state index contributed by atoms with van der Waals surface area (Å²) in [7, 11) is 0. The molecule has 1 atom stereocenters. The normalized spacial score (nSPS) is 16.7. The van der Waals surface area contributed by atoms with Gasteiger partial charge in [-0.15, -0.1) is 11.3 Å². The molecular formula is C20H21N3O2S. The zero-order valence-corrected chi connectivity index (χ0v) is 15.2. The van der Waals surface area contributed by atoms with E-state index in [1.165, 1.54) is 4.88 Å². The van der Waals surface area contributed by atoms with Crippen LogP contribution in [0.2, 0.25) is 0 Å². The van der Waals surface area contributed by atoms with Crippen molar-refractivity contribution in [2.45, 2.75) is 25.5 Å². The summed E-state index contributed by atoms with van der Waals surface area (Å²) in [5.41, 5.74) is 0.804. The van der Waals surface area contributed by atoms with Crippen molar-refractivity contribution in [1.29, 1.82) is 0 Å². The quantitative estimate of drug-likeness (QED) is 0.722. The highest BCUT2D eigenvalue weighted by Gasteiger charge is 2.23. The lowest BCUT2D eigenvalue weighted by Gasteiger charge is -2.25. The van der Waals surface area contributed by atoms with Crippen molar-refractivity contribution < 1.29 is 9.53 Å². The van der Waals surface area contributed by atoms with Crippen LogP contribution in [0.4, 0.5) is 10.5 Å². The van der Waals surface area contributed by atoms with Gasteiger partial charge in [0, 0.05) is 41.2 Å². The molecule has 1 fully saturated rings. The van der Waals surface area contributed by atoms with E-state index in [2.05, 4.69) is 16.4 Å². The number of anilines is 1. The van der Waals surface area contributed by atoms with E-state index in [0.29, 0.717) is 13.1 Å². The fraction of sp³-hybridized carbons (Fsp3) is 0.300. The first-order chi connectivity index (χ1) is 12.8. The van der Waals surface area contributed by atoms with Crippen molar-refractivity contribution in [3.05, 3.63) is 59.0 Å². The fourth-order valence-corrected chi connectivity index (χ4v) is 3.99. The van der Waals surface area contributed by atoms with Crippen LogP contribution < -0.4 is 5.32 Å². The molecule has 3 aromatic rings. The summed E-state index contributed by atoms with van der Waals surface area (Å²) in [6, 6.07) is 11.8. The second-order valence-electron chi connectivity index (χ2n) is 6.43. The third kappa shape index (κ3) is 3.86. The lowest BCUT2D eigenvalue weighted by molar-refractivity contribution is 0.0821. The lowest BCUT2D eigenvalue weighted by Crippen LogP contribution is -2.39. The Bertz CT molecular complexity index is 870. The highest BCUT2D eigenvalue weighted by Crippen LogP contribution is 2.24. The summed E-state index contributed by atoms with van der Waals surface area (Å²) < 4.78 is 5.75. The maximum atomic E-state index is 13.0. The third-order valence-corrected chi connectivity index (χ3v) is 5.45. The average molecular weight is 367 g/mol. The van der Waals surface area contributed by atoms with Gasteiger partial charge in [0.2, 0.25) is 0 Å². The molecule has 1 aliphatic heterocycles. The van der Waals surface area contributed by atoms with E-state index in [1.54, 1.807) is 23.7 Å². The topological polar surface area (TPSA) is 54.5 Å². The second kappa shape index (κ2) is 7.85. The van der Waals surface area contributed by atoms with Crippen LogP contribution in [-0.4, -0.2) is 35.2 Å². The van der Waals surface area contributed by atoms with Crippen LogP contribution in [0.3, 0.4) is 0 Å². The number of pyridine rings is 1. The molecule has 0 aliphatic carbocycles. The molecule has 1 aromatic carbocycles. The average Bonchev–Trinajstić information content (AvgIpc) is 3.35. The zero-order valence-electron chi connectivity index (χ0n) is 14.4.